The van der Waals surface area contributed by atoms with E-state index in [0.717, 1.165) is 12.2 Å². The largest absolute Gasteiger partial charge is 0.395 e. The maximum absolute atomic E-state index is 8.95. The molecule has 0 saturated heterocycles. The van der Waals surface area contributed by atoms with Gasteiger partial charge in [-0.05, 0) is 0 Å². The van der Waals surface area contributed by atoms with Crippen LogP contribution in [0.1, 0.15) is 5.69 Å². The van der Waals surface area contributed by atoms with E-state index < -0.39 is 0 Å². The van der Waals surface area contributed by atoms with E-state index in [9.17, 15) is 0 Å². The molecule has 7 heteroatoms. The van der Waals surface area contributed by atoms with Gasteiger partial charge in [-0.25, -0.2) is 10.8 Å². The zero-order valence-electron chi connectivity index (χ0n) is 9.96. The van der Waals surface area contributed by atoms with Gasteiger partial charge in [-0.1, -0.05) is 0 Å². The lowest BCUT2D eigenvalue weighted by molar-refractivity contribution is 0.126. The number of nitrogens with zero attached hydrogens (tertiary/aromatic N) is 3. The monoisotopic (exact) mass is 241 g/mol. The minimum atomic E-state index is 0.111. The number of hydrogen-bond acceptors (Lipinski definition) is 7. The van der Waals surface area contributed by atoms with Crippen LogP contribution < -0.4 is 11.3 Å². The number of nitrogens with two attached hydrogens (primary N) is 1. The predicted octanol–water partition coefficient (Wildman–Crippen LogP) is -0.797. The molecule has 1 aromatic rings. The Balaban J connectivity index is 2.51. The van der Waals surface area contributed by atoms with Gasteiger partial charge in [0.05, 0.1) is 31.3 Å². The third-order valence-corrected chi connectivity index (χ3v) is 2.27. The third-order valence-electron chi connectivity index (χ3n) is 2.27. The first-order valence-electron chi connectivity index (χ1n) is 5.40. The molecule has 1 aromatic heterocycles. The Morgan fingerprint density at radius 2 is 2.24 bits per heavy atom. The summed E-state index contributed by atoms with van der Waals surface area (Å²) in [5, 5.41) is 8.95. The Hall–Kier alpha value is -1.28. The molecule has 4 N–H and O–H groups in total. The van der Waals surface area contributed by atoms with E-state index in [1.54, 1.807) is 19.5 Å². The molecule has 0 spiro atoms. The van der Waals surface area contributed by atoms with Gasteiger partial charge in [0.15, 0.2) is 5.82 Å². The summed E-state index contributed by atoms with van der Waals surface area (Å²) in [6.45, 7) is 2.69. The molecule has 0 fully saturated rings. The number of ether oxygens (including phenoxy) is 1. The van der Waals surface area contributed by atoms with Gasteiger partial charge in [-0.15, -0.1) is 0 Å². The molecule has 7 nitrogen and oxygen atoms in total. The van der Waals surface area contributed by atoms with Gasteiger partial charge in [0.25, 0.3) is 0 Å². The number of nitrogen functional groups attached to an aromatic ring is 1. The SMILES string of the molecule is COCCN(CCO)Cc1cnc(NN)cn1. The van der Waals surface area contributed by atoms with Gasteiger partial charge in [-0.2, -0.15) is 0 Å². The molecule has 17 heavy (non-hydrogen) atoms. The minimum Gasteiger partial charge on any atom is -0.395 e. The molecule has 1 heterocycles. The van der Waals surface area contributed by atoms with Gasteiger partial charge in [0.2, 0.25) is 0 Å². The molecule has 0 radical (unpaired) electrons. The molecule has 1 rings (SSSR count). The van der Waals surface area contributed by atoms with Gasteiger partial charge in [0, 0.05) is 26.7 Å². The summed E-state index contributed by atoms with van der Waals surface area (Å²) >= 11 is 0. The van der Waals surface area contributed by atoms with E-state index in [-0.39, 0.29) is 6.61 Å². The number of hydrogen-bond donors (Lipinski definition) is 3. The van der Waals surface area contributed by atoms with E-state index in [1.807, 2.05) is 4.90 Å². The summed E-state index contributed by atoms with van der Waals surface area (Å²) in [4.78, 5) is 10.3. The van der Waals surface area contributed by atoms with E-state index in [4.69, 9.17) is 15.7 Å². The quantitative estimate of drug-likeness (QED) is 0.405. The van der Waals surface area contributed by atoms with Crippen LogP contribution in [0, 0.1) is 0 Å². The first kappa shape index (κ1) is 13.8. The van der Waals surface area contributed by atoms with Gasteiger partial charge < -0.3 is 15.3 Å². The predicted molar refractivity (Wildman–Crippen MR) is 64.1 cm³/mol. The summed E-state index contributed by atoms with van der Waals surface area (Å²) in [6, 6.07) is 0. The van der Waals surface area contributed by atoms with Crippen LogP contribution in [-0.2, 0) is 11.3 Å². The Bertz CT molecular complexity index is 306. The van der Waals surface area contributed by atoms with Crippen LogP contribution in [0.15, 0.2) is 12.4 Å². The smallest absolute Gasteiger partial charge is 0.158 e. The van der Waals surface area contributed by atoms with Gasteiger partial charge in [0.1, 0.15) is 0 Å². The molecule has 0 amide bonds. The molecule has 0 bridgehead atoms. The number of hydrazine groups is 1. The first-order chi connectivity index (χ1) is 8.30. The van der Waals surface area contributed by atoms with Crippen molar-refractivity contribution in [2.24, 2.45) is 5.84 Å². The lowest BCUT2D eigenvalue weighted by atomic mass is 10.3. The fourth-order valence-electron chi connectivity index (χ4n) is 1.37. The summed E-state index contributed by atoms with van der Waals surface area (Å²) < 4.78 is 5.01. The van der Waals surface area contributed by atoms with Crippen LogP contribution in [0.3, 0.4) is 0 Å². The topological polar surface area (TPSA) is 96.5 Å². The van der Waals surface area contributed by atoms with Crippen molar-refractivity contribution in [2.45, 2.75) is 6.54 Å². The fourth-order valence-corrected chi connectivity index (χ4v) is 1.37. The zero-order valence-corrected chi connectivity index (χ0v) is 9.96. The lowest BCUT2D eigenvalue weighted by Crippen LogP contribution is -2.30. The Kier molecular flexibility index (Phi) is 6.41. The Morgan fingerprint density at radius 3 is 2.76 bits per heavy atom. The first-order valence-corrected chi connectivity index (χ1v) is 5.40. The molecule has 96 valence electrons. The van der Waals surface area contributed by atoms with Crippen molar-refractivity contribution in [1.82, 2.24) is 14.9 Å². The van der Waals surface area contributed by atoms with Gasteiger partial charge in [-0.3, -0.25) is 9.88 Å². The highest BCUT2D eigenvalue weighted by atomic mass is 16.5. The summed E-state index contributed by atoms with van der Waals surface area (Å²) in [6.07, 6.45) is 3.23. The van der Waals surface area contributed by atoms with Crippen LogP contribution in [-0.4, -0.2) is 53.4 Å². The van der Waals surface area contributed by atoms with Crippen molar-refractivity contribution in [3.63, 3.8) is 0 Å². The van der Waals surface area contributed by atoms with E-state index in [2.05, 4.69) is 15.4 Å². The van der Waals surface area contributed by atoms with Crippen LogP contribution in [0.5, 0.6) is 0 Å². The van der Waals surface area contributed by atoms with E-state index in [0.29, 0.717) is 25.5 Å². The summed E-state index contributed by atoms with van der Waals surface area (Å²) in [7, 11) is 1.65. The van der Waals surface area contributed by atoms with E-state index in [1.165, 1.54) is 0 Å². The summed E-state index contributed by atoms with van der Waals surface area (Å²) in [5.41, 5.74) is 3.25. The molecule has 0 saturated carbocycles. The summed E-state index contributed by atoms with van der Waals surface area (Å²) in [5.74, 6) is 5.73. The number of nitrogens with one attached hydrogen (secondary N) is 1. The highest BCUT2D eigenvalue weighted by molar-refractivity contribution is 5.28. The van der Waals surface area contributed by atoms with Crippen molar-refractivity contribution in [3.05, 3.63) is 18.1 Å². The number of methoxy groups -OCH3 is 1. The van der Waals surface area contributed by atoms with Crippen molar-refractivity contribution >= 4 is 5.82 Å². The fraction of sp³-hybridized carbons (Fsp3) is 0.600. The Morgan fingerprint density at radius 1 is 1.41 bits per heavy atom. The maximum Gasteiger partial charge on any atom is 0.158 e. The molecular formula is C10H19N5O2. The number of aliphatic hydroxyl groups excluding tert-OH is 1. The molecule has 0 aliphatic heterocycles. The molecule has 0 atom stereocenters. The minimum absolute atomic E-state index is 0.111. The van der Waals surface area contributed by atoms with Gasteiger partial charge >= 0.3 is 0 Å². The van der Waals surface area contributed by atoms with E-state index >= 15 is 0 Å². The van der Waals surface area contributed by atoms with Crippen LogP contribution in [0.25, 0.3) is 0 Å². The maximum atomic E-state index is 8.95. The van der Waals surface area contributed by atoms with Crippen molar-refractivity contribution < 1.29 is 9.84 Å². The average molecular weight is 241 g/mol. The highest BCUT2D eigenvalue weighted by Crippen LogP contribution is 2.03. The Labute approximate surface area is 101 Å². The number of aromatic nitrogens is 2. The molecular weight excluding hydrogens is 222 g/mol. The molecule has 0 aliphatic carbocycles. The van der Waals surface area contributed by atoms with Crippen molar-refractivity contribution in [2.75, 3.05) is 38.8 Å². The van der Waals surface area contributed by atoms with Crippen molar-refractivity contribution in [3.8, 4) is 0 Å². The average Bonchev–Trinajstić information content (AvgIpc) is 2.37. The van der Waals surface area contributed by atoms with Crippen LogP contribution >= 0.6 is 0 Å². The number of anilines is 1. The standard InChI is InChI=1S/C10H19N5O2/c1-17-5-3-15(2-4-16)8-9-6-13-10(14-11)7-12-9/h6-7,16H,2-5,8,11H2,1H3,(H,13,14). The third kappa shape index (κ3) is 5.05. The lowest BCUT2D eigenvalue weighted by Gasteiger charge is -2.20. The number of rotatable bonds is 8. The molecule has 0 aliphatic rings. The molecule has 0 aromatic carbocycles. The van der Waals surface area contributed by atoms with Crippen LogP contribution in [0.2, 0.25) is 0 Å². The second-order valence-corrected chi connectivity index (χ2v) is 3.53. The second kappa shape index (κ2) is 7.91. The normalized spacial score (nSPS) is 10.8. The van der Waals surface area contributed by atoms with Crippen LogP contribution in [0.4, 0.5) is 5.82 Å². The highest BCUT2D eigenvalue weighted by Gasteiger charge is 2.06. The molecule has 0 unspecified atom stereocenters. The number of aliphatic hydroxyl groups is 1. The second-order valence-electron chi connectivity index (χ2n) is 3.53. The zero-order chi connectivity index (χ0) is 12.5. The van der Waals surface area contributed by atoms with Crippen molar-refractivity contribution in [1.29, 1.82) is 0 Å².